The molecule has 0 saturated carbocycles. The molecule has 8 aromatic rings. The Morgan fingerprint density at radius 3 is 1.65 bits per heavy atom. The summed E-state index contributed by atoms with van der Waals surface area (Å²) in [6, 6.07) is 52.4. The number of benzene rings is 7. The molecule has 7 aromatic carbocycles. The van der Waals surface area contributed by atoms with Crippen molar-refractivity contribution in [1.29, 1.82) is 5.26 Å². The molecule has 0 spiro atoms. The first kappa shape index (κ1) is 30.5. The highest BCUT2D eigenvalue weighted by molar-refractivity contribution is 6.36. The van der Waals surface area contributed by atoms with Crippen LogP contribution in [0.4, 0.5) is 11.4 Å². The predicted molar refractivity (Wildman–Crippen MR) is 206 cm³/mol. The summed E-state index contributed by atoms with van der Waals surface area (Å²) >= 11 is 0. The molecule has 6 nitrogen and oxygen atoms in total. The van der Waals surface area contributed by atoms with Gasteiger partial charge in [0, 0.05) is 10.8 Å². The van der Waals surface area contributed by atoms with Gasteiger partial charge in [0.05, 0.1) is 51.7 Å². The number of amides is 2. The topological polar surface area (TPSA) is 70.5 Å². The molecule has 1 aliphatic rings. The smallest absolute Gasteiger partial charge is 0.268 e. The van der Waals surface area contributed by atoms with E-state index in [0.29, 0.717) is 33.8 Å². The molecule has 6 heteroatoms. The first-order valence-corrected chi connectivity index (χ1v) is 16.8. The van der Waals surface area contributed by atoms with Gasteiger partial charge in [-0.2, -0.15) is 5.26 Å². The van der Waals surface area contributed by atoms with Crippen molar-refractivity contribution >= 4 is 45.0 Å². The van der Waals surface area contributed by atoms with E-state index in [0.717, 1.165) is 55.2 Å². The van der Waals surface area contributed by atoms with Crippen LogP contribution < -0.4 is 4.90 Å². The highest BCUT2D eigenvalue weighted by Gasteiger charge is 2.39. The molecule has 0 N–H and O–H groups in total. The number of nitriles is 1. The summed E-state index contributed by atoms with van der Waals surface area (Å²) in [5, 5.41) is 11.4. The third-order valence-corrected chi connectivity index (χ3v) is 9.82. The minimum atomic E-state index is -0.382. The van der Waals surface area contributed by atoms with Gasteiger partial charge >= 0.3 is 0 Å². The van der Waals surface area contributed by atoms with E-state index in [-0.39, 0.29) is 11.8 Å². The van der Waals surface area contributed by atoms with Crippen LogP contribution in [0.2, 0.25) is 0 Å². The molecule has 1 aliphatic heterocycles. The number of anilines is 1. The van der Waals surface area contributed by atoms with Crippen LogP contribution in [0.3, 0.4) is 0 Å². The van der Waals surface area contributed by atoms with Crippen LogP contribution in [0.1, 0.15) is 26.3 Å². The molecule has 0 atom stereocenters. The Hall–Kier alpha value is -7.54. The summed E-state index contributed by atoms with van der Waals surface area (Å²) in [7, 11) is 0. The van der Waals surface area contributed by atoms with E-state index in [9.17, 15) is 14.9 Å². The lowest BCUT2D eigenvalue weighted by Gasteiger charge is -2.15. The zero-order valence-corrected chi connectivity index (χ0v) is 27.6. The molecule has 0 saturated heterocycles. The minimum Gasteiger partial charge on any atom is -0.308 e. The second kappa shape index (κ2) is 12.1. The van der Waals surface area contributed by atoms with Gasteiger partial charge in [0.15, 0.2) is 5.69 Å². The van der Waals surface area contributed by atoms with Gasteiger partial charge in [-0.15, -0.1) is 0 Å². The molecule has 2 heterocycles. The Morgan fingerprint density at radius 2 is 1.06 bits per heavy atom. The van der Waals surface area contributed by atoms with Crippen molar-refractivity contribution in [3.8, 4) is 45.1 Å². The first-order valence-electron chi connectivity index (χ1n) is 16.8. The lowest BCUT2D eigenvalue weighted by molar-refractivity contribution is 0.0926. The Morgan fingerprint density at radius 1 is 0.519 bits per heavy atom. The maximum atomic E-state index is 14.5. The number of carbonyl (C=O) groups is 2. The standard InChI is InChI=1S/C46H26N4O2/c1-48-34-24-20-33(21-25-34)37-11-6-14-40-43(37)42-36(32-18-16-29(28-47)17-19-32)10-5-13-39(42)50(40)41-15-7-12-38-44(41)46(52)49(45(38)51)35-26-22-31(23-27-35)30-8-3-2-4-9-30/h2-27H. The van der Waals surface area contributed by atoms with Crippen LogP contribution in [0.5, 0.6) is 0 Å². The van der Waals surface area contributed by atoms with Crippen LogP contribution in [-0.2, 0) is 0 Å². The summed E-state index contributed by atoms with van der Waals surface area (Å²) in [6.45, 7) is 7.46. The van der Waals surface area contributed by atoms with Gasteiger partial charge in [-0.25, -0.2) is 9.74 Å². The maximum Gasteiger partial charge on any atom is 0.268 e. The Labute approximate surface area is 299 Å². The van der Waals surface area contributed by atoms with Gasteiger partial charge in [-0.3, -0.25) is 9.59 Å². The summed E-state index contributed by atoms with van der Waals surface area (Å²) < 4.78 is 2.08. The lowest BCUT2D eigenvalue weighted by atomic mass is 9.94. The van der Waals surface area contributed by atoms with Crippen LogP contribution in [0, 0.1) is 17.9 Å². The average molecular weight is 667 g/mol. The van der Waals surface area contributed by atoms with E-state index in [1.807, 2.05) is 140 Å². The van der Waals surface area contributed by atoms with E-state index >= 15 is 0 Å². The molecular weight excluding hydrogens is 641 g/mol. The van der Waals surface area contributed by atoms with Crippen molar-refractivity contribution in [1.82, 2.24) is 4.57 Å². The van der Waals surface area contributed by atoms with Crippen molar-refractivity contribution in [3.63, 3.8) is 0 Å². The van der Waals surface area contributed by atoms with E-state index in [4.69, 9.17) is 6.57 Å². The van der Waals surface area contributed by atoms with Gasteiger partial charge in [-0.05, 0) is 81.9 Å². The first-order chi connectivity index (χ1) is 25.6. The number of imide groups is 1. The number of aromatic nitrogens is 1. The molecule has 242 valence electrons. The summed E-state index contributed by atoms with van der Waals surface area (Å²) in [4.78, 5) is 33.4. The van der Waals surface area contributed by atoms with Gasteiger partial charge in [-0.1, -0.05) is 109 Å². The van der Waals surface area contributed by atoms with Crippen molar-refractivity contribution in [2.75, 3.05) is 4.90 Å². The molecule has 52 heavy (non-hydrogen) atoms. The van der Waals surface area contributed by atoms with E-state index in [2.05, 4.69) is 27.6 Å². The molecule has 0 unspecified atom stereocenters. The van der Waals surface area contributed by atoms with Crippen LogP contribution in [0.25, 0.3) is 65.7 Å². The van der Waals surface area contributed by atoms with Crippen LogP contribution in [-0.4, -0.2) is 16.4 Å². The molecule has 9 rings (SSSR count). The number of nitrogens with zero attached hydrogens (tertiary/aromatic N) is 4. The third-order valence-electron chi connectivity index (χ3n) is 9.82. The molecule has 2 amide bonds. The monoisotopic (exact) mass is 666 g/mol. The largest absolute Gasteiger partial charge is 0.308 e. The van der Waals surface area contributed by atoms with Gasteiger partial charge in [0.1, 0.15) is 0 Å². The maximum absolute atomic E-state index is 14.5. The molecule has 0 radical (unpaired) electrons. The highest BCUT2D eigenvalue weighted by atomic mass is 16.2. The summed E-state index contributed by atoms with van der Waals surface area (Å²) in [5.74, 6) is -0.749. The predicted octanol–water partition coefficient (Wildman–Crippen LogP) is 11.0. The highest BCUT2D eigenvalue weighted by Crippen LogP contribution is 2.44. The van der Waals surface area contributed by atoms with Crippen molar-refractivity contribution in [2.45, 2.75) is 0 Å². The molecule has 0 bridgehead atoms. The molecule has 0 aliphatic carbocycles. The van der Waals surface area contributed by atoms with Gasteiger partial charge < -0.3 is 4.57 Å². The van der Waals surface area contributed by atoms with Crippen molar-refractivity contribution in [2.24, 2.45) is 0 Å². The third kappa shape index (κ3) is 4.71. The second-order valence-corrected chi connectivity index (χ2v) is 12.6. The number of hydrogen-bond acceptors (Lipinski definition) is 3. The molecular formula is C46H26N4O2. The number of hydrogen-bond donors (Lipinski definition) is 0. The summed E-state index contributed by atoms with van der Waals surface area (Å²) in [6.07, 6.45) is 0. The molecule has 1 aromatic heterocycles. The zero-order valence-electron chi connectivity index (χ0n) is 27.6. The SMILES string of the molecule is [C-]#[N+]c1ccc(-c2cccc3c2c2c(-c4ccc(C#N)cc4)cccc2n3-c2cccc3c2C(=O)N(c2ccc(-c4ccccc4)cc2)C3=O)cc1. The summed E-state index contributed by atoms with van der Waals surface area (Å²) in [5.41, 5.74) is 10.5. The number of fused-ring (bicyclic) bond motifs is 4. The fourth-order valence-corrected chi connectivity index (χ4v) is 7.41. The Balaban J connectivity index is 1.27. The normalized spacial score (nSPS) is 12.2. The van der Waals surface area contributed by atoms with Gasteiger partial charge in [0.2, 0.25) is 0 Å². The average Bonchev–Trinajstić information content (AvgIpc) is 3.69. The lowest BCUT2D eigenvalue weighted by Crippen LogP contribution is -2.29. The van der Waals surface area contributed by atoms with Crippen molar-refractivity contribution in [3.05, 3.63) is 186 Å². The van der Waals surface area contributed by atoms with E-state index in [1.54, 1.807) is 6.07 Å². The van der Waals surface area contributed by atoms with Gasteiger partial charge in [0.25, 0.3) is 11.8 Å². The Bertz CT molecular complexity index is 2710. The Kier molecular flexibility index (Phi) is 7.10. The second-order valence-electron chi connectivity index (χ2n) is 12.6. The number of rotatable bonds is 5. The number of carbonyl (C=O) groups excluding carboxylic acids is 2. The zero-order chi connectivity index (χ0) is 35.3. The van der Waals surface area contributed by atoms with Crippen molar-refractivity contribution < 1.29 is 9.59 Å². The van der Waals surface area contributed by atoms with Crippen LogP contribution >= 0.6 is 0 Å². The van der Waals surface area contributed by atoms with Crippen LogP contribution in [0.15, 0.2) is 158 Å². The minimum absolute atomic E-state index is 0.342. The quantitative estimate of drug-likeness (QED) is 0.136. The fraction of sp³-hybridized carbons (Fsp3) is 0. The fourth-order valence-electron chi connectivity index (χ4n) is 7.41. The van der Waals surface area contributed by atoms with E-state index in [1.165, 1.54) is 4.90 Å². The van der Waals surface area contributed by atoms with E-state index < -0.39 is 0 Å². The molecule has 0 fully saturated rings.